The average Bonchev–Trinajstić information content (AvgIpc) is 2.64. The fraction of sp³-hybridized carbons (Fsp3) is 0.846. The second-order valence-corrected chi connectivity index (χ2v) is 5.88. The quantitative estimate of drug-likeness (QED) is 0.752. The highest BCUT2D eigenvalue weighted by Crippen LogP contribution is 2.47. The van der Waals surface area contributed by atoms with Crippen LogP contribution in [0.4, 0.5) is 4.79 Å². The number of carboxylic acids is 1. The summed E-state index contributed by atoms with van der Waals surface area (Å²) in [6.07, 6.45) is 2.32. The van der Waals surface area contributed by atoms with Gasteiger partial charge >= 0.3 is 12.0 Å². The van der Waals surface area contributed by atoms with Gasteiger partial charge in [-0.05, 0) is 12.8 Å². The normalized spacial score (nSPS) is 30.8. The molecule has 0 aliphatic carbocycles. The van der Waals surface area contributed by atoms with Gasteiger partial charge in [-0.1, -0.05) is 13.3 Å². The molecule has 3 aliphatic heterocycles. The van der Waals surface area contributed by atoms with E-state index < -0.39 is 12.0 Å². The lowest BCUT2D eigenvalue weighted by Crippen LogP contribution is -2.62. The van der Waals surface area contributed by atoms with E-state index in [9.17, 15) is 14.7 Å². The Labute approximate surface area is 117 Å². The van der Waals surface area contributed by atoms with Crippen LogP contribution in [-0.4, -0.2) is 65.5 Å². The van der Waals surface area contributed by atoms with Crippen molar-refractivity contribution < 1.29 is 24.3 Å². The molecule has 3 aliphatic rings. The van der Waals surface area contributed by atoms with Crippen LogP contribution in [0, 0.1) is 5.41 Å². The number of unbranched alkanes of at least 4 members (excludes halogenated alkanes) is 1. The molecule has 0 aromatic heterocycles. The van der Waals surface area contributed by atoms with Crippen LogP contribution in [0.3, 0.4) is 0 Å². The molecule has 112 valence electrons. The maximum Gasteiger partial charge on any atom is 0.345 e. The molecule has 1 unspecified atom stereocenters. The Bertz CT molecular complexity index is 423. The van der Waals surface area contributed by atoms with Crippen molar-refractivity contribution in [3.8, 4) is 0 Å². The largest absolute Gasteiger partial charge is 0.480 e. The molecule has 20 heavy (non-hydrogen) atoms. The number of piperidine rings is 1. The molecule has 7 heteroatoms. The van der Waals surface area contributed by atoms with Gasteiger partial charge in [0, 0.05) is 12.0 Å². The molecule has 0 aromatic rings. The van der Waals surface area contributed by atoms with Gasteiger partial charge in [-0.15, -0.1) is 0 Å². The highest BCUT2D eigenvalue weighted by molar-refractivity contribution is 5.85. The minimum absolute atomic E-state index is 0.0868. The van der Waals surface area contributed by atoms with Gasteiger partial charge in [-0.2, -0.15) is 5.06 Å². The molecule has 2 atom stereocenters. The first-order valence-corrected chi connectivity index (χ1v) is 7.12. The number of hydrogen-bond acceptors (Lipinski definition) is 4. The molecular formula is C13H20N2O5. The van der Waals surface area contributed by atoms with Crippen LogP contribution in [0.15, 0.2) is 0 Å². The lowest BCUT2D eigenvalue weighted by molar-refractivity contribution is -0.220. The predicted octanol–water partition coefficient (Wildman–Crippen LogP) is 0.698. The molecule has 0 saturated carbocycles. The fourth-order valence-electron chi connectivity index (χ4n) is 3.28. The smallest absolute Gasteiger partial charge is 0.345 e. The molecule has 3 rings (SSSR count). The number of hydrogen-bond donors (Lipinski definition) is 1. The van der Waals surface area contributed by atoms with E-state index in [0.29, 0.717) is 32.8 Å². The number of carboxylic acid groups (broad SMARTS) is 1. The van der Waals surface area contributed by atoms with Gasteiger partial charge in [0.2, 0.25) is 0 Å². The van der Waals surface area contributed by atoms with Gasteiger partial charge in [0.05, 0.1) is 25.9 Å². The first kappa shape index (κ1) is 13.6. The molecule has 3 fully saturated rings. The number of rotatable bonds is 5. The Morgan fingerprint density at radius 3 is 2.85 bits per heavy atom. The number of ether oxygens (including phenoxy) is 1. The van der Waals surface area contributed by atoms with Crippen molar-refractivity contribution in [2.75, 3.05) is 26.4 Å². The van der Waals surface area contributed by atoms with Gasteiger partial charge in [-0.25, -0.2) is 9.59 Å². The molecular weight excluding hydrogens is 264 g/mol. The van der Waals surface area contributed by atoms with Crippen molar-refractivity contribution in [2.45, 2.75) is 38.3 Å². The first-order valence-electron chi connectivity index (χ1n) is 7.12. The number of nitrogens with zero attached hydrogens (tertiary/aromatic N) is 2. The number of aliphatic carboxylic acids is 1. The van der Waals surface area contributed by atoms with E-state index in [2.05, 4.69) is 6.92 Å². The third-order valence-electron chi connectivity index (χ3n) is 4.56. The van der Waals surface area contributed by atoms with Crippen LogP contribution in [0.5, 0.6) is 0 Å². The van der Waals surface area contributed by atoms with Crippen molar-refractivity contribution >= 4 is 12.0 Å². The second-order valence-electron chi connectivity index (χ2n) is 5.88. The lowest BCUT2D eigenvalue weighted by atomic mass is 9.71. The van der Waals surface area contributed by atoms with Crippen molar-refractivity contribution in [3.05, 3.63) is 0 Å². The van der Waals surface area contributed by atoms with Gasteiger partial charge in [0.15, 0.2) is 0 Å². The molecule has 1 N–H and O–H groups in total. The second kappa shape index (κ2) is 4.89. The monoisotopic (exact) mass is 284 g/mol. The minimum atomic E-state index is -0.946. The summed E-state index contributed by atoms with van der Waals surface area (Å²) in [5.74, 6) is -0.946. The Hall–Kier alpha value is -1.34. The highest BCUT2D eigenvalue weighted by atomic mass is 16.7. The Morgan fingerprint density at radius 2 is 2.30 bits per heavy atom. The van der Waals surface area contributed by atoms with E-state index >= 15 is 0 Å². The highest BCUT2D eigenvalue weighted by Gasteiger charge is 2.62. The van der Waals surface area contributed by atoms with E-state index in [1.807, 2.05) is 0 Å². The summed E-state index contributed by atoms with van der Waals surface area (Å²) in [5, 5.41) is 10.7. The molecule has 3 saturated heterocycles. The molecule has 0 radical (unpaired) electrons. The molecule has 0 aromatic carbocycles. The number of hydroxylamine groups is 2. The SMILES string of the molecule is CCCCON1C(=O)N2CC1C1(COC1)C[C@H]2C(=O)O. The zero-order valence-electron chi connectivity index (χ0n) is 11.6. The summed E-state index contributed by atoms with van der Waals surface area (Å²) in [6.45, 7) is 3.98. The summed E-state index contributed by atoms with van der Waals surface area (Å²) >= 11 is 0. The summed E-state index contributed by atoms with van der Waals surface area (Å²) < 4.78 is 5.30. The number of urea groups is 1. The first-order chi connectivity index (χ1) is 9.59. The topological polar surface area (TPSA) is 79.3 Å². The molecule has 3 heterocycles. The van der Waals surface area contributed by atoms with Gasteiger partial charge in [-0.3, -0.25) is 4.84 Å². The van der Waals surface area contributed by atoms with Crippen LogP contribution in [0.1, 0.15) is 26.2 Å². The number of amides is 2. The number of carbonyl (C=O) groups excluding carboxylic acids is 1. The summed E-state index contributed by atoms with van der Waals surface area (Å²) in [6, 6.07) is -1.17. The van der Waals surface area contributed by atoms with Crippen LogP contribution in [0.2, 0.25) is 0 Å². The van der Waals surface area contributed by atoms with Crippen LogP contribution >= 0.6 is 0 Å². The third-order valence-corrected chi connectivity index (χ3v) is 4.56. The van der Waals surface area contributed by atoms with Crippen LogP contribution in [-0.2, 0) is 14.4 Å². The van der Waals surface area contributed by atoms with Crippen molar-refractivity contribution in [2.24, 2.45) is 5.41 Å². The Balaban J connectivity index is 1.81. The van der Waals surface area contributed by atoms with Crippen LogP contribution < -0.4 is 0 Å². The van der Waals surface area contributed by atoms with E-state index in [0.717, 1.165) is 12.8 Å². The standard InChI is InChI=1S/C13H20N2O5/c1-2-3-4-20-15-10-6-14(12(15)18)9(11(16)17)5-13(10)7-19-8-13/h9-10H,2-8H2,1H3,(H,16,17)/t9-,10?/m0/s1. The number of fused-ring (bicyclic) bond motifs is 3. The predicted molar refractivity (Wildman–Crippen MR) is 67.9 cm³/mol. The fourth-order valence-corrected chi connectivity index (χ4v) is 3.28. The molecule has 7 nitrogen and oxygen atoms in total. The zero-order chi connectivity index (χ0) is 14.3. The minimum Gasteiger partial charge on any atom is -0.480 e. The van der Waals surface area contributed by atoms with Gasteiger partial charge < -0.3 is 14.7 Å². The molecule has 2 bridgehead atoms. The van der Waals surface area contributed by atoms with Crippen LogP contribution in [0.25, 0.3) is 0 Å². The van der Waals surface area contributed by atoms with E-state index in [1.165, 1.54) is 9.96 Å². The number of carbonyl (C=O) groups is 2. The summed E-state index contributed by atoms with van der Waals surface area (Å²) in [4.78, 5) is 30.8. The molecule has 1 spiro atoms. The zero-order valence-corrected chi connectivity index (χ0v) is 11.6. The van der Waals surface area contributed by atoms with Gasteiger partial charge in [0.25, 0.3) is 0 Å². The third kappa shape index (κ3) is 1.88. The lowest BCUT2D eigenvalue weighted by Gasteiger charge is -2.50. The average molecular weight is 284 g/mol. The Kier molecular flexibility index (Phi) is 3.33. The Morgan fingerprint density at radius 1 is 1.55 bits per heavy atom. The molecule has 2 amide bonds. The van der Waals surface area contributed by atoms with Crippen molar-refractivity contribution in [1.82, 2.24) is 9.96 Å². The maximum absolute atomic E-state index is 12.3. The van der Waals surface area contributed by atoms with Crippen molar-refractivity contribution in [3.63, 3.8) is 0 Å². The maximum atomic E-state index is 12.3. The van der Waals surface area contributed by atoms with Crippen molar-refractivity contribution in [1.29, 1.82) is 0 Å². The summed E-state index contributed by atoms with van der Waals surface area (Å²) in [5.41, 5.74) is -0.252. The summed E-state index contributed by atoms with van der Waals surface area (Å²) in [7, 11) is 0. The van der Waals surface area contributed by atoms with E-state index in [-0.39, 0.29) is 17.5 Å². The van der Waals surface area contributed by atoms with E-state index in [1.54, 1.807) is 0 Å². The van der Waals surface area contributed by atoms with E-state index in [4.69, 9.17) is 9.57 Å². The van der Waals surface area contributed by atoms with Gasteiger partial charge in [0.1, 0.15) is 6.04 Å².